The van der Waals surface area contributed by atoms with Crippen molar-refractivity contribution in [3.05, 3.63) is 83.4 Å². The third-order valence-corrected chi connectivity index (χ3v) is 4.80. The minimum absolute atomic E-state index is 0.163. The average molecular weight is 402 g/mol. The van der Waals surface area contributed by atoms with Crippen LogP contribution >= 0.6 is 0 Å². The van der Waals surface area contributed by atoms with Crippen LogP contribution in [0.15, 0.2) is 66.7 Å². The lowest BCUT2D eigenvalue weighted by atomic mass is 10.1. The number of carbonyl (C=O) groups is 2. The Balaban J connectivity index is 1.39. The largest absolute Gasteiger partial charge is 0.454 e. The molecule has 0 fully saturated rings. The second kappa shape index (κ2) is 8.69. The summed E-state index contributed by atoms with van der Waals surface area (Å²) in [4.78, 5) is 25.2. The zero-order chi connectivity index (χ0) is 20.9. The molecule has 30 heavy (non-hydrogen) atoms. The molecule has 0 unspecified atom stereocenters. The highest BCUT2D eigenvalue weighted by Crippen LogP contribution is 2.32. The van der Waals surface area contributed by atoms with E-state index in [-0.39, 0.29) is 25.0 Å². The van der Waals surface area contributed by atoms with E-state index in [2.05, 4.69) is 10.6 Å². The van der Waals surface area contributed by atoms with E-state index in [4.69, 9.17) is 9.47 Å². The smallest absolute Gasteiger partial charge is 0.257 e. The van der Waals surface area contributed by atoms with Gasteiger partial charge in [0, 0.05) is 12.1 Å². The van der Waals surface area contributed by atoms with Gasteiger partial charge >= 0.3 is 0 Å². The normalized spacial score (nSPS) is 11.8. The van der Waals surface area contributed by atoms with Crippen molar-refractivity contribution < 1.29 is 19.1 Å². The van der Waals surface area contributed by atoms with Crippen molar-refractivity contribution in [3.63, 3.8) is 0 Å². The molecule has 6 heteroatoms. The molecule has 1 heterocycles. The highest BCUT2D eigenvalue weighted by molar-refractivity contribution is 6.10. The van der Waals surface area contributed by atoms with Crippen molar-refractivity contribution in [2.75, 3.05) is 17.4 Å². The van der Waals surface area contributed by atoms with E-state index in [0.29, 0.717) is 29.1 Å². The number of benzene rings is 3. The molecule has 0 radical (unpaired) electrons. The van der Waals surface area contributed by atoms with Crippen molar-refractivity contribution in [1.82, 2.24) is 0 Å². The maximum absolute atomic E-state index is 12.7. The monoisotopic (exact) mass is 402 g/mol. The van der Waals surface area contributed by atoms with Gasteiger partial charge in [-0.2, -0.15) is 0 Å². The molecular formula is C24H22N2O4. The molecule has 0 saturated carbocycles. The lowest BCUT2D eigenvalue weighted by Crippen LogP contribution is -2.18. The fraction of sp³-hybridized carbons (Fsp3) is 0.167. The molecule has 0 spiro atoms. The molecule has 0 aromatic heterocycles. The highest BCUT2D eigenvalue weighted by Gasteiger charge is 2.15. The van der Waals surface area contributed by atoms with Crippen LogP contribution in [0, 0.1) is 6.92 Å². The molecule has 0 aliphatic carbocycles. The van der Waals surface area contributed by atoms with Gasteiger partial charge in [0.2, 0.25) is 12.7 Å². The van der Waals surface area contributed by atoms with Crippen LogP contribution in [0.5, 0.6) is 11.5 Å². The summed E-state index contributed by atoms with van der Waals surface area (Å²) in [6, 6.07) is 20.2. The Morgan fingerprint density at radius 1 is 0.900 bits per heavy atom. The van der Waals surface area contributed by atoms with Gasteiger partial charge in [-0.15, -0.1) is 0 Å². The van der Waals surface area contributed by atoms with Crippen LogP contribution in [0.4, 0.5) is 11.4 Å². The number of anilines is 2. The molecular weight excluding hydrogens is 380 g/mol. The first kappa shape index (κ1) is 19.5. The minimum Gasteiger partial charge on any atom is -0.454 e. The molecule has 3 aromatic carbocycles. The topological polar surface area (TPSA) is 76.7 Å². The molecule has 2 amide bonds. The molecule has 0 saturated heterocycles. The second-order valence-corrected chi connectivity index (χ2v) is 7.10. The van der Waals surface area contributed by atoms with Crippen LogP contribution in [0.1, 0.15) is 27.9 Å². The molecule has 0 atom stereocenters. The maximum Gasteiger partial charge on any atom is 0.257 e. The number of rotatable bonds is 6. The first-order valence-electron chi connectivity index (χ1n) is 9.74. The zero-order valence-electron chi connectivity index (χ0n) is 16.6. The van der Waals surface area contributed by atoms with Gasteiger partial charge in [-0.05, 0) is 60.9 Å². The zero-order valence-corrected chi connectivity index (χ0v) is 16.6. The predicted octanol–water partition coefficient (Wildman–Crippen LogP) is 4.55. The number of ether oxygens (including phenoxy) is 2. The SMILES string of the molecule is Cc1cccc(NC(=O)c2ccccc2NC(=O)CCc2ccc3c(c2)OCO3)c1. The van der Waals surface area contributed by atoms with Gasteiger partial charge in [0.15, 0.2) is 11.5 Å². The number of nitrogens with one attached hydrogen (secondary N) is 2. The maximum atomic E-state index is 12.7. The fourth-order valence-corrected chi connectivity index (χ4v) is 3.28. The first-order valence-corrected chi connectivity index (χ1v) is 9.74. The number of fused-ring (bicyclic) bond motifs is 1. The molecule has 0 bridgehead atoms. The number of carbonyl (C=O) groups excluding carboxylic acids is 2. The Hall–Kier alpha value is -3.80. The van der Waals surface area contributed by atoms with Gasteiger partial charge in [-0.25, -0.2) is 0 Å². The van der Waals surface area contributed by atoms with Crippen molar-refractivity contribution in [2.45, 2.75) is 19.8 Å². The number of hydrogen-bond donors (Lipinski definition) is 2. The summed E-state index contributed by atoms with van der Waals surface area (Å²) in [6.07, 6.45) is 0.841. The second-order valence-electron chi connectivity index (χ2n) is 7.10. The van der Waals surface area contributed by atoms with Gasteiger partial charge < -0.3 is 20.1 Å². The first-order chi connectivity index (χ1) is 14.6. The van der Waals surface area contributed by atoms with Crippen LogP contribution in [-0.4, -0.2) is 18.6 Å². The third kappa shape index (κ3) is 4.60. The number of para-hydroxylation sites is 1. The van der Waals surface area contributed by atoms with Crippen molar-refractivity contribution in [3.8, 4) is 11.5 Å². The van der Waals surface area contributed by atoms with Crippen molar-refractivity contribution in [2.24, 2.45) is 0 Å². The Morgan fingerprint density at radius 2 is 1.73 bits per heavy atom. The van der Waals surface area contributed by atoms with Gasteiger partial charge in [0.1, 0.15) is 0 Å². The van der Waals surface area contributed by atoms with E-state index in [1.165, 1.54) is 0 Å². The van der Waals surface area contributed by atoms with Crippen LogP contribution < -0.4 is 20.1 Å². The molecule has 1 aliphatic heterocycles. The highest BCUT2D eigenvalue weighted by atomic mass is 16.7. The van der Waals surface area contributed by atoms with Crippen molar-refractivity contribution >= 4 is 23.2 Å². The Labute approximate surface area is 174 Å². The van der Waals surface area contributed by atoms with E-state index >= 15 is 0 Å². The van der Waals surface area contributed by atoms with Gasteiger partial charge in [-0.3, -0.25) is 9.59 Å². The van der Waals surface area contributed by atoms with Gasteiger partial charge in [0.05, 0.1) is 11.3 Å². The Kier molecular flexibility index (Phi) is 5.66. The molecule has 1 aliphatic rings. The molecule has 3 aromatic rings. The van der Waals surface area contributed by atoms with E-state index in [9.17, 15) is 9.59 Å². The lowest BCUT2D eigenvalue weighted by Gasteiger charge is -2.12. The summed E-state index contributed by atoms with van der Waals surface area (Å²) in [5.41, 5.74) is 3.65. The lowest BCUT2D eigenvalue weighted by molar-refractivity contribution is -0.116. The van der Waals surface area contributed by atoms with Crippen molar-refractivity contribution in [1.29, 1.82) is 0 Å². The van der Waals surface area contributed by atoms with Crippen LogP contribution in [0.25, 0.3) is 0 Å². The van der Waals surface area contributed by atoms with E-state index in [1.807, 2.05) is 49.4 Å². The summed E-state index contributed by atoms with van der Waals surface area (Å²) < 4.78 is 10.7. The summed E-state index contributed by atoms with van der Waals surface area (Å²) in [7, 11) is 0. The quantitative estimate of drug-likeness (QED) is 0.634. The number of hydrogen-bond acceptors (Lipinski definition) is 4. The number of amides is 2. The molecule has 152 valence electrons. The van der Waals surface area contributed by atoms with Crippen LogP contribution in [0.3, 0.4) is 0 Å². The van der Waals surface area contributed by atoms with Gasteiger partial charge in [-0.1, -0.05) is 30.3 Å². The van der Waals surface area contributed by atoms with Crippen LogP contribution in [-0.2, 0) is 11.2 Å². The van der Waals surface area contributed by atoms with E-state index < -0.39 is 0 Å². The summed E-state index contributed by atoms with van der Waals surface area (Å²) >= 11 is 0. The third-order valence-electron chi connectivity index (χ3n) is 4.80. The average Bonchev–Trinajstić information content (AvgIpc) is 3.20. The fourth-order valence-electron chi connectivity index (χ4n) is 3.28. The predicted molar refractivity (Wildman–Crippen MR) is 115 cm³/mol. The molecule has 4 rings (SSSR count). The Morgan fingerprint density at radius 3 is 2.60 bits per heavy atom. The summed E-state index contributed by atoms with van der Waals surface area (Å²) in [6.45, 7) is 2.19. The number of aryl methyl sites for hydroxylation is 2. The molecule has 2 N–H and O–H groups in total. The minimum atomic E-state index is -0.271. The standard InChI is InChI=1S/C24H22N2O4/c1-16-5-4-6-18(13-16)25-24(28)19-7-2-3-8-20(19)26-23(27)12-10-17-9-11-21-22(14-17)30-15-29-21/h2-9,11,13-14H,10,12,15H2,1H3,(H,25,28)(H,26,27). The van der Waals surface area contributed by atoms with Crippen LogP contribution in [0.2, 0.25) is 0 Å². The summed E-state index contributed by atoms with van der Waals surface area (Å²) in [5, 5.41) is 5.73. The van der Waals surface area contributed by atoms with Gasteiger partial charge in [0.25, 0.3) is 5.91 Å². The Bertz CT molecular complexity index is 1090. The van der Waals surface area contributed by atoms with E-state index in [1.54, 1.807) is 24.3 Å². The van der Waals surface area contributed by atoms with E-state index in [0.717, 1.165) is 16.9 Å². The molecule has 6 nitrogen and oxygen atoms in total. The summed E-state index contributed by atoms with van der Waals surface area (Å²) in [5.74, 6) is 0.985.